The third kappa shape index (κ3) is 2.44. The summed E-state index contributed by atoms with van der Waals surface area (Å²) in [6.45, 7) is 2.24. The van der Waals surface area contributed by atoms with Crippen LogP contribution in [0.1, 0.15) is 25.3 Å². The third-order valence-corrected chi connectivity index (χ3v) is 3.97. The first kappa shape index (κ1) is 12.0. The highest BCUT2D eigenvalue weighted by atomic mass is 35.5. The summed E-state index contributed by atoms with van der Waals surface area (Å²) in [6, 6.07) is 2.52. The SMILES string of the molecule is CC(C1CC1)N(C)c1cc(CCl)c(Cl)cn1. The Balaban J connectivity index is 2.18. The molecule has 2 nitrogen and oxygen atoms in total. The van der Waals surface area contributed by atoms with Crippen molar-refractivity contribution >= 4 is 29.0 Å². The number of hydrogen-bond donors (Lipinski definition) is 0. The zero-order valence-corrected chi connectivity index (χ0v) is 11.1. The molecule has 1 aliphatic carbocycles. The molecule has 16 heavy (non-hydrogen) atoms. The molecule has 0 aliphatic heterocycles. The van der Waals surface area contributed by atoms with E-state index >= 15 is 0 Å². The van der Waals surface area contributed by atoms with E-state index in [9.17, 15) is 0 Å². The molecule has 1 fully saturated rings. The van der Waals surface area contributed by atoms with Gasteiger partial charge in [-0.15, -0.1) is 11.6 Å². The van der Waals surface area contributed by atoms with Crippen LogP contribution in [0.4, 0.5) is 5.82 Å². The minimum atomic E-state index is 0.431. The number of anilines is 1. The van der Waals surface area contributed by atoms with Crippen LogP contribution in [0.3, 0.4) is 0 Å². The van der Waals surface area contributed by atoms with Crippen molar-refractivity contribution in [1.82, 2.24) is 4.98 Å². The number of halogens is 2. The Kier molecular flexibility index (Phi) is 3.60. The van der Waals surface area contributed by atoms with Gasteiger partial charge in [0.1, 0.15) is 5.82 Å². The molecule has 0 spiro atoms. The van der Waals surface area contributed by atoms with Crippen LogP contribution in [0, 0.1) is 5.92 Å². The lowest BCUT2D eigenvalue weighted by Gasteiger charge is -2.26. The van der Waals surface area contributed by atoms with Crippen molar-refractivity contribution in [1.29, 1.82) is 0 Å². The first-order chi connectivity index (χ1) is 7.63. The average molecular weight is 259 g/mol. The maximum atomic E-state index is 5.99. The lowest BCUT2D eigenvalue weighted by molar-refractivity contribution is 0.604. The van der Waals surface area contributed by atoms with Crippen molar-refractivity contribution in [2.24, 2.45) is 5.92 Å². The van der Waals surface area contributed by atoms with Gasteiger partial charge >= 0.3 is 0 Å². The summed E-state index contributed by atoms with van der Waals surface area (Å²) in [4.78, 5) is 6.57. The summed E-state index contributed by atoms with van der Waals surface area (Å²) < 4.78 is 0. The molecule has 1 atom stereocenters. The Morgan fingerprint density at radius 2 is 2.25 bits per heavy atom. The van der Waals surface area contributed by atoms with Gasteiger partial charge in [-0.2, -0.15) is 0 Å². The highest BCUT2D eigenvalue weighted by molar-refractivity contribution is 6.32. The summed E-state index contributed by atoms with van der Waals surface area (Å²) in [5.74, 6) is 2.21. The van der Waals surface area contributed by atoms with Gasteiger partial charge in [0.05, 0.1) is 5.02 Å². The van der Waals surface area contributed by atoms with E-state index < -0.39 is 0 Å². The number of aromatic nitrogens is 1. The van der Waals surface area contributed by atoms with Gasteiger partial charge in [-0.3, -0.25) is 0 Å². The Labute approximate surface area is 107 Å². The monoisotopic (exact) mass is 258 g/mol. The van der Waals surface area contributed by atoms with Crippen molar-refractivity contribution in [2.45, 2.75) is 31.7 Å². The minimum Gasteiger partial charge on any atom is -0.357 e. The topological polar surface area (TPSA) is 16.1 Å². The van der Waals surface area contributed by atoms with Crippen LogP contribution >= 0.6 is 23.2 Å². The lowest BCUT2D eigenvalue weighted by atomic mass is 10.2. The fraction of sp³-hybridized carbons (Fsp3) is 0.583. The molecule has 0 radical (unpaired) electrons. The third-order valence-electron chi connectivity index (χ3n) is 3.34. The van der Waals surface area contributed by atoms with E-state index in [0.29, 0.717) is 16.9 Å². The summed E-state index contributed by atoms with van der Waals surface area (Å²) in [5.41, 5.74) is 0.947. The highest BCUT2D eigenvalue weighted by Gasteiger charge is 2.31. The van der Waals surface area contributed by atoms with Crippen LogP contribution in [0.5, 0.6) is 0 Å². The van der Waals surface area contributed by atoms with E-state index in [4.69, 9.17) is 23.2 Å². The second-order valence-electron chi connectivity index (χ2n) is 4.46. The zero-order valence-electron chi connectivity index (χ0n) is 9.58. The van der Waals surface area contributed by atoms with Gasteiger partial charge in [0.15, 0.2) is 0 Å². The molecule has 1 aliphatic rings. The Morgan fingerprint density at radius 1 is 1.56 bits per heavy atom. The van der Waals surface area contributed by atoms with Crippen LogP contribution in [0.15, 0.2) is 12.3 Å². The molecule has 1 aromatic rings. The van der Waals surface area contributed by atoms with E-state index in [1.165, 1.54) is 12.8 Å². The van der Waals surface area contributed by atoms with Crippen molar-refractivity contribution in [3.05, 3.63) is 22.8 Å². The van der Waals surface area contributed by atoms with Gasteiger partial charge in [-0.05, 0) is 37.3 Å². The number of rotatable bonds is 4. The van der Waals surface area contributed by atoms with Gasteiger partial charge in [0, 0.05) is 25.2 Å². The summed E-state index contributed by atoms with van der Waals surface area (Å²) in [6.07, 6.45) is 4.35. The molecule has 0 amide bonds. The maximum absolute atomic E-state index is 5.99. The molecule has 2 rings (SSSR count). The quantitative estimate of drug-likeness (QED) is 0.766. The second kappa shape index (κ2) is 4.80. The van der Waals surface area contributed by atoms with Crippen LogP contribution in [0.25, 0.3) is 0 Å². The molecule has 1 heterocycles. The highest BCUT2D eigenvalue weighted by Crippen LogP contribution is 2.36. The molecule has 0 saturated heterocycles. The molecular formula is C12H16Cl2N2. The van der Waals surface area contributed by atoms with Gasteiger partial charge in [0.2, 0.25) is 0 Å². The Bertz CT molecular complexity index is 377. The number of nitrogens with zero attached hydrogens (tertiary/aromatic N) is 2. The summed E-state index contributed by atoms with van der Waals surface area (Å²) in [7, 11) is 2.08. The Hall–Kier alpha value is -0.470. The zero-order chi connectivity index (χ0) is 11.7. The van der Waals surface area contributed by atoms with E-state index in [-0.39, 0.29) is 0 Å². The van der Waals surface area contributed by atoms with E-state index in [2.05, 4.69) is 23.9 Å². The minimum absolute atomic E-state index is 0.431. The molecule has 1 unspecified atom stereocenters. The number of alkyl halides is 1. The van der Waals surface area contributed by atoms with E-state index in [1.807, 2.05) is 6.07 Å². The first-order valence-corrected chi connectivity index (χ1v) is 6.48. The fourth-order valence-corrected chi connectivity index (χ4v) is 2.33. The average Bonchev–Trinajstić information content (AvgIpc) is 3.11. The van der Waals surface area contributed by atoms with Crippen molar-refractivity contribution in [2.75, 3.05) is 11.9 Å². The molecular weight excluding hydrogens is 243 g/mol. The molecule has 88 valence electrons. The molecule has 0 aromatic carbocycles. The number of pyridine rings is 1. The standard InChI is InChI=1S/C12H16Cl2N2/c1-8(9-3-4-9)16(2)12-5-10(6-13)11(14)7-15-12/h5,7-9H,3-4,6H2,1-2H3. The molecule has 0 N–H and O–H groups in total. The van der Waals surface area contributed by atoms with Gasteiger partial charge in [0.25, 0.3) is 0 Å². The largest absolute Gasteiger partial charge is 0.357 e. The second-order valence-corrected chi connectivity index (χ2v) is 5.13. The predicted molar refractivity (Wildman–Crippen MR) is 69.4 cm³/mol. The van der Waals surface area contributed by atoms with E-state index in [0.717, 1.165) is 17.3 Å². The van der Waals surface area contributed by atoms with Crippen molar-refractivity contribution < 1.29 is 0 Å². The molecule has 0 bridgehead atoms. The molecule has 4 heteroatoms. The van der Waals surface area contributed by atoms with Gasteiger partial charge < -0.3 is 4.90 Å². The van der Waals surface area contributed by atoms with Crippen molar-refractivity contribution in [3.8, 4) is 0 Å². The van der Waals surface area contributed by atoms with Crippen LogP contribution in [-0.4, -0.2) is 18.1 Å². The lowest BCUT2D eigenvalue weighted by Crippen LogP contribution is -2.31. The van der Waals surface area contributed by atoms with Crippen LogP contribution in [-0.2, 0) is 5.88 Å². The van der Waals surface area contributed by atoms with Crippen LogP contribution < -0.4 is 4.90 Å². The van der Waals surface area contributed by atoms with E-state index in [1.54, 1.807) is 6.20 Å². The molecule has 1 aromatic heterocycles. The van der Waals surface area contributed by atoms with Gasteiger partial charge in [-0.25, -0.2) is 4.98 Å². The van der Waals surface area contributed by atoms with Crippen LogP contribution in [0.2, 0.25) is 5.02 Å². The summed E-state index contributed by atoms with van der Waals surface area (Å²) >= 11 is 11.8. The smallest absolute Gasteiger partial charge is 0.128 e. The predicted octanol–water partition coefficient (Wildman–Crippen LogP) is 3.71. The fourth-order valence-electron chi connectivity index (χ4n) is 1.87. The summed E-state index contributed by atoms with van der Waals surface area (Å²) in [5, 5.41) is 0.645. The first-order valence-electron chi connectivity index (χ1n) is 5.56. The van der Waals surface area contributed by atoms with Crippen molar-refractivity contribution in [3.63, 3.8) is 0 Å². The Morgan fingerprint density at radius 3 is 2.81 bits per heavy atom. The molecule has 1 saturated carbocycles. The number of hydrogen-bond acceptors (Lipinski definition) is 2. The van der Waals surface area contributed by atoms with Gasteiger partial charge in [-0.1, -0.05) is 11.6 Å². The maximum Gasteiger partial charge on any atom is 0.128 e. The normalized spacial score (nSPS) is 17.2.